The Morgan fingerprint density at radius 2 is 2.12 bits per heavy atom. The number of carbonyl (C=O) groups is 1. The molecule has 1 aromatic carbocycles. The van der Waals surface area contributed by atoms with Gasteiger partial charge in [0.2, 0.25) is 0 Å². The van der Waals surface area contributed by atoms with E-state index < -0.39 is 23.4 Å². The third-order valence-electron chi connectivity index (χ3n) is 4.90. The normalized spacial score (nSPS) is 14.9. The van der Waals surface area contributed by atoms with Gasteiger partial charge in [0.25, 0.3) is 5.91 Å². The van der Waals surface area contributed by atoms with Crippen LogP contribution in [0.5, 0.6) is 5.75 Å². The minimum absolute atomic E-state index is 0.00940. The zero-order valence-electron chi connectivity index (χ0n) is 18.8. The molecule has 1 amide bonds. The molecule has 10 heteroatoms. The Morgan fingerprint density at radius 3 is 2.70 bits per heavy atom. The van der Waals surface area contributed by atoms with Crippen LogP contribution in [0.25, 0.3) is 11.4 Å². The van der Waals surface area contributed by atoms with Gasteiger partial charge in [0.05, 0.1) is 23.4 Å². The molecule has 1 atom stereocenters. The molecule has 9 nitrogen and oxygen atoms in total. The molecule has 1 unspecified atom stereocenters. The number of allylic oxidation sites excluding steroid dienone is 1. The second kappa shape index (κ2) is 9.05. The molecule has 6 N–H and O–H groups in total. The Morgan fingerprint density at radius 1 is 1.42 bits per heavy atom. The number of imidazole rings is 1. The van der Waals surface area contributed by atoms with E-state index in [2.05, 4.69) is 21.8 Å². The van der Waals surface area contributed by atoms with Crippen LogP contribution in [0.4, 0.5) is 4.39 Å². The maximum atomic E-state index is 14.6. The molecule has 1 aliphatic rings. The third-order valence-corrected chi connectivity index (χ3v) is 4.90. The summed E-state index contributed by atoms with van der Waals surface area (Å²) in [6.07, 6.45) is 0.0462. The number of ether oxygens (including phenoxy) is 1. The van der Waals surface area contributed by atoms with Gasteiger partial charge in [-0.15, -0.1) is 0 Å². The number of nitrogens with two attached hydrogens (primary N) is 2. The van der Waals surface area contributed by atoms with Gasteiger partial charge in [-0.3, -0.25) is 9.79 Å². The first kappa shape index (κ1) is 24.0. The van der Waals surface area contributed by atoms with Crippen molar-refractivity contribution in [3.8, 4) is 29.0 Å². The lowest BCUT2D eigenvalue weighted by atomic mass is 10.0. The van der Waals surface area contributed by atoms with Crippen LogP contribution in [0.1, 0.15) is 48.6 Å². The van der Waals surface area contributed by atoms with E-state index in [9.17, 15) is 19.4 Å². The SMILES string of the molecule is CN=C/C(=C(/C)N)C(O)c1c(C(N)=O)nc2n1CCOc1cc(F)c(C#CC(C)(C)O)cc1-2. The van der Waals surface area contributed by atoms with Crippen molar-refractivity contribution in [1.82, 2.24) is 9.55 Å². The van der Waals surface area contributed by atoms with Crippen LogP contribution in [0.3, 0.4) is 0 Å². The van der Waals surface area contributed by atoms with Crippen molar-refractivity contribution in [3.63, 3.8) is 0 Å². The largest absolute Gasteiger partial charge is 0.491 e. The fraction of sp³-hybridized carbons (Fsp3) is 0.348. The molecule has 0 saturated carbocycles. The molecule has 3 rings (SSSR count). The molecular formula is C23H26FN5O4. The highest BCUT2D eigenvalue weighted by Gasteiger charge is 2.31. The summed E-state index contributed by atoms with van der Waals surface area (Å²) < 4.78 is 21.9. The molecule has 0 spiro atoms. The lowest BCUT2D eigenvalue weighted by molar-refractivity contribution is 0.0989. The Hall–Kier alpha value is -3.68. The van der Waals surface area contributed by atoms with Gasteiger partial charge in [0, 0.05) is 30.6 Å². The smallest absolute Gasteiger partial charge is 0.269 e. The molecule has 0 aliphatic carbocycles. The second-order valence-corrected chi connectivity index (χ2v) is 8.10. The summed E-state index contributed by atoms with van der Waals surface area (Å²) in [6, 6.07) is 2.60. The molecule has 1 aliphatic heterocycles. The number of primary amides is 1. The number of amides is 1. The first-order valence-electron chi connectivity index (χ1n) is 10.1. The van der Waals surface area contributed by atoms with Gasteiger partial charge in [0.1, 0.15) is 35.7 Å². The molecule has 2 heterocycles. The number of hydrogen-bond donors (Lipinski definition) is 4. The predicted molar refractivity (Wildman–Crippen MR) is 121 cm³/mol. The Balaban J connectivity index is 2.29. The minimum Gasteiger partial charge on any atom is -0.491 e. The number of fused-ring (bicyclic) bond motifs is 3. The average molecular weight is 455 g/mol. The van der Waals surface area contributed by atoms with Gasteiger partial charge in [-0.2, -0.15) is 0 Å². The van der Waals surface area contributed by atoms with Gasteiger partial charge in [-0.05, 0) is 26.8 Å². The summed E-state index contributed by atoms with van der Waals surface area (Å²) in [5.74, 6) is 4.15. The van der Waals surface area contributed by atoms with Crippen molar-refractivity contribution in [2.75, 3.05) is 13.7 Å². The van der Waals surface area contributed by atoms with Crippen molar-refractivity contribution < 1.29 is 24.1 Å². The van der Waals surface area contributed by atoms with E-state index >= 15 is 0 Å². The number of carbonyl (C=O) groups excluding carboxylic acids is 1. The molecule has 1 aromatic heterocycles. The zero-order chi connectivity index (χ0) is 24.5. The van der Waals surface area contributed by atoms with Crippen molar-refractivity contribution in [2.45, 2.75) is 39.0 Å². The van der Waals surface area contributed by atoms with Crippen LogP contribution in [-0.2, 0) is 6.54 Å². The highest BCUT2D eigenvalue weighted by Crippen LogP contribution is 2.37. The van der Waals surface area contributed by atoms with Gasteiger partial charge in [-0.1, -0.05) is 11.8 Å². The molecular weight excluding hydrogens is 429 g/mol. The van der Waals surface area contributed by atoms with E-state index in [1.807, 2.05) is 0 Å². The summed E-state index contributed by atoms with van der Waals surface area (Å²) in [6.45, 7) is 4.87. The Bertz CT molecular complexity index is 1220. The third kappa shape index (κ3) is 4.89. The van der Waals surface area contributed by atoms with Crippen molar-refractivity contribution in [3.05, 3.63) is 46.2 Å². The second-order valence-electron chi connectivity index (χ2n) is 8.10. The fourth-order valence-corrected chi connectivity index (χ4v) is 3.44. The number of aliphatic imine (C=N–C) groups is 1. The van der Waals surface area contributed by atoms with E-state index in [4.69, 9.17) is 16.2 Å². The summed E-state index contributed by atoms with van der Waals surface area (Å²) in [4.78, 5) is 20.5. The van der Waals surface area contributed by atoms with Crippen LogP contribution in [-0.4, -0.2) is 51.1 Å². The Kier molecular flexibility index (Phi) is 6.58. The summed E-state index contributed by atoms with van der Waals surface area (Å²) in [7, 11) is 1.52. The van der Waals surface area contributed by atoms with Gasteiger partial charge in [0.15, 0.2) is 5.69 Å². The number of halogens is 1. The quantitative estimate of drug-likeness (QED) is 0.403. The van der Waals surface area contributed by atoms with Crippen LogP contribution in [0.2, 0.25) is 0 Å². The van der Waals surface area contributed by atoms with E-state index in [1.54, 1.807) is 11.5 Å². The lowest BCUT2D eigenvalue weighted by Gasteiger charge is -2.17. The molecule has 0 bridgehead atoms. The molecule has 0 saturated heterocycles. The van der Waals surface area contributed by atoms with E-state index in [0.29, 0.717) is 11.3 Å². The van der Waals surface area contributed by atoms with Crippen LogP contribution >= 0.6 is 0 Å². The number of benzene rings is 1. The number of aromatic nitrogens is 2. The van der Waals surface area contributed by atoms with E-state index in [-0.39, 0.29) is 47.2 Å². The van der Waals surface area contributed by atoms with Crippen molar-refractivity contribution >= 4 is 12.1 Å². The molecule has 174 valence electrons. The number of nitrogens with zero attached hydrogens (tertiary/aromatic N) is 3. The van der Waals surface area contributed by atoms with Gasteiger partial charge >= 0.3 is 0 Å². The van der Waals surface area contributed by atoms with Crippen LogP contribution in [0.15, 0.2) is 28.4 Å². The van der Waals surface area contributed by atoms with Gasteiger partial charge < -0.3 is 31.0 Å². The maximum Gasteiger partial charge on any atom is 0.269 e. The zero-order valence-corrected chi connectivity index (χ0v) is 18.8. The predicted octanol–water partition coefficient (Wildman–Crippen LogP) is 1.27. The average Bonchev–Trinajstić information content (AvgIpc) is 3.01. The highest BCUT2D eigenvalue weighted by molar-refractivity contribution is 5.94. The fourth-order valence-electron chi connectivity index (χ4n) is 3.44. The van der Waals surface area contributed by atoms with E-state index in [0.717, 1.165) is 0 Å². The van der Waals surface area contributed by atoms with Crippen molar-refractivity contribution in [1.29, 1.82) is 0 Å². The number of rotatable bonds is 4. The standard InChI is InChI=1S/C23H26FN5O4/c1-12(25)15(11-27-4)20(30)19-18(21(26)31)28-22-14-9-13(5-6-23(2,3)32)16(24)10-17(14)33-8-7-29(19)22/h9-11,20,30,32H,7-8,25H2,1-4H3,(H2,26,31)/b15-12+,27-11?. The van der Waals surface area contributed by atoms with Crippen LogP contribution < -0.4 is 16.2 Å². The monoisotopic (exact) mass is 455 g/mol. The number of aliphatic hydroxyl groups excluding tert-OH is 1. The first-order chi connectivity index (χ1) is 15.4. The number of hydrogen-bond acceptors (Lipinski definition) is 7. The highest BCUT2D eigenvalue weighted by atomic mass is 19.1. The van der Waals surface area contributed by atoms with E-state index in [1.165, 1.54) is 39.2 Å². The summed E-state index contributed by atoms with van der Waals surface area (Å²) in [5.41, 5.74) is 11.1. The van der Waals surface area contributed by atoms with Crippen molar-refractivity contribution in [2.24, 2.45) is 16.5 Å². The maximum absolute atomic E-state index is 14.6. The molecule has 2 aromatic rings. The molecule has 33 heavy (non-hydrogen) atoms. The number of aliphatic hydroxyl groups is 2. The first-order valence-corrected chi connectivity index (χ1v) is 10.1. The Labute approximate surface area is 190 Å². The molecule has 0 radical (unpaired) electrons. The topological polar surface area (TPSA) is 149 Å². The summed E-state index contributed by atoms with van der Waals surface area (Å²) in [5, 5.41) is 21.0. The van der Waals surface area contributed by atoms with Gasteiger partial charge in [-0.25, -0.2) is 9.37 Å². The van der Waals surface area contributed by atoms with Crippen LogP contribution in [0, 0.1) is 17.7 Å². The summed E-state index contributed by atoms with van der Waals surface area (Å²) >= 11 is 0. The lowest BCUT2D eigenvalue weighted by Crippen LogP contribution is -2.21. The minimum atomic E-state index is -1.35. The molecule has 0 fully saturated rings.